The average molecular weight is 329 g/mol. The third kappa shape index (κ3) is 3.87. The van der Waals surface area contributed by atoms with E-state index in [0.29, 0.717) is 18.0 Å². The van der Waals surface area contributed by atoms with E-state index in [4.69, 9.17) is 4.74 Å². The minimum absolute atomic E-state index is 0.167. The van der Waals surface area contributed by atoms with Gasteiger partial charge in [-0.25, -0.2) is 4.39 Å². The highest BCUT2D eigenvalue weighted by Crippen LogP contribution is 2.26. The summed E-state index contributed by atoms with van der Waals surface area (Å²) >= 11 is 1.35. The standard InChI is InChI=1S/C18H16FNO2S/c1-12-2-5-15(6-3-12)22-9-8-20-18(21)17-11-13-10-14(19)4-7-16(13)23-17/h2-7,10-11H,8-9H2,1H3,(H,20,21). The Balaban J connectivity index is 1.53. The van der Waals surface area contributed by atoms with Gasteiger partial charge in [0.2, 0.25) is 0 Å². The molecule has 0 aliphatic heterocycles. The predicted octanol–water partition coefficient (Wildman–Crippen LogP) is 4.16. The number of benzene rings is 2. The van der Waals surface area contributed by atoms with Gasteiger partial charge in [-0.2, -0.15) is 0 Å². The van der Waals surface area contributed by atoms with Crippen LogP contribution in [-0.4, -0.2) is 19.1 Å². The van der Waals surface area contributed by atoms with Crippen molar-refractivity contribution < 1.29 is 13.9 Å². The number of rotatable bonds is 5. The molecule has 0 fully saturated rings. The molecule has 0 aliphatic rings. The SMILES string of the molecule is Cc1ccc(OCCNC(=O)c2cc3cc(F)ccc3s2)cc1. The van der Waals surface area contributed by atoms with Gasteiger partial charge in [0, 0.05) is 4.70 Å². The number of amides is 1. The summed E-state index contributed by atoms with van der Waals surface area (Å²) in [6, 6.07) is 14.0. The fourth-order valence-electron chi connectivity index (χ4n) is 2.18. The number of fused-ring (bicyclic) bond motifs is 1. The third-order valence-electron chi connectivity index (χ3n) is 3.38. The van der Waals surface area contributed by atoms with Gasteiger partial charge in [0.1, 0.15) is 18.2 Å². The first-order valence-corrected chi connectivity index (χ1v) is 8.10. The number of halogens is 1. The molecule has 23 heavy (non-hydrogen) atoms. The number of carbonyl (C=O) groups excluding carboxylic acids is 1. The van der Waals surface area contributed by atoms with Crippen LogP contribution in [0.25, 0.3) is 10.1 Å². The second-order valence-electron chi connectivity index (χ2n) is 5.21. The monoisotopic (exact) mass is 329 g/mol. The molecular weight excluding hydrogens is 313 g/mol. The van der Waals surface area contributed by atoms with Crippen molar-refractivity contribution in [1.82, 2.24) is 5.32 Å². The number of carbonyl (C=O) groups is 1. The van der Waals surface area contributed by atoms with Crippen molar-refractivity contribution in [2.45, 2.75) is 6.92 Å². The average Bonchev–Trinajstić information content (AvgIpc) is 2.96. The summed E-state index contributed by atoms with van der Waals surface area (Å²) in [7, 11) is 0. The molecule has 2 aromatic carbocycles. The molecule has 5 heteroatoms. The predicted molar refractivity (Wildman–Crippen MR) is 90.8 cm³/mol. The van der Waals surface area contributed by atoms with Crippen LogP contribution in [0.2, 0.25) is 0 Å². The number of aryl methyl sites for hydroxylation is 1. The van der Waals surface area contributed by atoms with Crippen LogP contribution >= 0.6 is 11.3 Å². The minimum Gasteiger partial charge on any atom is -0.492 e. The van der Waals surface area contributed by atoms with Crippen molar-refractivity contribution in [2.75, 3.05) is 13.2 Å². The molecule has 1 aromatic heterocycles. The lowest BCUT2D eigenvalue weighted by Crippen LogP contribution is -2.27. The van der Waals surface area contributed by atoms with Gasteiger partial charge in [0.05, 0.1) is 11.4 Å². The van der Waals surface area contributed by atoms with Crippen LogP contribution in [0, 0.1) is 12.7 Å². The van der Waals surface area contributed by atoms with Crippen LogP contribution in [0.1, 0.15) is 15.2 Å². The van der Waals surface area contributed by atoms with Crippen molar-refractivity contribution in [2.24, 2.45) is 0 Å². The van der Waals surface area contributed by atoms with Crippen LogP contribution in [-0.2, 0) is 0 Å². The lowest BCUT2D eigenvalue weighted by Gasteiger charge is -2.07. The van der Waals surface area contributed by atoms with Gasteiger partial charge >= 0.3 is 0 Å². The zero-order valence-corrected chi connectivity index (χ0v) is 13.5. The topological polar surface area (TPSA) is 38.3 Å². The number of thiophene rings is 1. The molecule has 0 spiro atoms. The zero-order valence-electron chi connectivity index (χ0n) is 12.6. The van der Waals surface area contributed by atoms with Crippen LogP contribution < -0.4 is 10.1 Å². The number of nitrogens with one attached hydrogen (secondary N) is 1. The zero-order chi connectivity index (χ0) is 16.2. The summed E-state index contributed by atoms with van der Waals surface area (Å²) in [4.78, 5) is 12.7. The molecule has 3 aromatic rings. The van der Waals surface area contributed by atoms with Crippen molar-refractivity contribution in [3.8, 4) is 5.75 Å². The smallest absolute Gasteiger partial charge is 0.261 e. The Kier molecular flexibility index (Phi) is 4.57. The maximum atomic E-state index is 13.2. The largest absolute Gasteiger partial charge is 0.492 e. The van der Waals surface area contributed by atoms with Gasteiger partial charge in [-0.15, -0.1) is 11.3 Å². The molecule has 3 rings (SSSR count). The molecule has 118 valence electrons. The second kappa shape index (κ2) is 6.79. The van der Waals surface area contributed by atoms with Crippen molar-refractivity contribution in [3.63, 3.8) is 0 Å². The Hall–Kier alpha value is -2.40. The molecule has 0 aliphatic carbocycles. The Bertz CT molecular complexity index is 827. The first kappa shape index (κ1) is 15.5. The molecule has 0 saturated heterocycles. The van der Waals surface area contributed by atoms with E-state index < -0.39 is 0 Å². The van der Waals surface area contributed by atoms with Gasteiger partial charge < -0.3 is 10.1 Å². The molecular formula is C18H16FNO2S. The van der Waals surface area contributed by atoms with E-state index in [0.717, 1.165) is 15.8 Å². The van der Waals surface area contributed by atoms with Crippen LogP contribution in [0.15, 0.2) is 48.5 Å². The van der Waals surface area contributed by atoms with E-state index in [1.165, 1.54) is 29.0 Å². The lowest BCUT2D eigenvalue weighted by molar-refractivity contribution is 0.0951. The number of hydrogen-bond donors (Lipinski definition) is 1. The fourth-order valence-corrected chi connectivity index (χ4v) is 3.14. The van der Waals surface area contributed by atoms with E-state index in [1.807, 2.05) is 31.2 Å². The highest BCUT2D eigenvalue weighted by molar-refractivity contribution is 7.20. The van der Waals surface area contributed by atoms with E-state index in [2.05, 4.69) is 5.32 Å². The Morgan fingerprint density at radius 3 is 2.74 bits per heavy atom. The minimum atomic E-state index is -0.297. The molecule has 0 radical (unpaired) electrons. The third-order valence-corrected chi connectivity index (χ3v) is 4.49. The van der Waals surface area contributed by atoms with E-state index in [-0.39, 0.29) is 11.7 Å². The summed E-state index contributed by atoms with van der Waals surface area (Å²) in [6.45, 7) is 2.82. The number of ether oxygens (including phenoxy) is 1. The molecule has 1 N–H and O–H groups in total. The molecule has 1 amide bonds. The Morgan fingerprint density at radius 2 is 1.96 bits per heavy atom. The Labute approximate surface area is 137 Å². The normalized spacial score (nSPS) is 10.7. The molecule has 0 saturated carbocycles. The summed E-state index contributed by atoms with van der Waals surface area (Å²) in [5, 5.41) is 3.56. The van der Waals surface area contributed by atoms with Crippen molar-refractivity contribution >= 4 is 27.3 Å². The van der Waals surface area contributed by atoms with Crippen molar-refractivity contribution in [1.29, 1.82) is 0 Å². The van der Waals surface area contributed by atoms with Crippen molar-refractivity contribution in [3.05, 3.63) is 64.8 Å². The van der Waals surface area contributed by atoms with E-state index in [1.54, 1.807) is 12.1 Å². The van der Waals surface area contributed by atoms with Gasteiger partial charge in [-0.05, 0) is 48.7 Å². The summed E-state index contributed by atoms with van der Waals surface area (Å²) < 4.78 is 19.6. The van der Waals surface area contributed by atoms with Crippen LogP contribution in [0.5, 0.6) is 5.75 Å². The van der Waals surface area contributed by atoms with Gasteiger partial charge in [-0.3, -0.25) is 4.79 Å². The molecule has 3 nitrogen and oxygen atoms in total. The Morgan fingerprint density at radius 1 is 1.17 bits per heavy atom. The summed E-state index contributed by atoms with van der Waals surface area (Å²) in [5.41, 5.74) is 1.17. The maximum absolute atomic E-state index is 13.2. The molecule has 0 bridgehead atoms. The second-order valence-corrected chi connectivity index (χ2v) is 6.29. The number of hydrogen-bond acceptors (Lipinski definition) is 3. The first-order chi connectivity index (χ1) is 11.1. The van der Waals surface area contributed by atoms with Gasteiger partial charge in [0.25, 0.3) is 5.91 Å². The first-order valence-electron chi connectivity index (χ1n) is 7.28. The van der Waals surface area contributed by atoms with E-state index >= 15 is 0 Å². The molecule has 0 atom stereocenters. The van der Waals surface area contributed by atoms with E-state index in [9.17, 15) is 9.18 Å². The van der Waals surface area contributed by atoms with Crippen LogP contribution in [0.3, 0.4) is 0 Å². The highest BCUT2D eigenvalue weighted by Gasteiger charge is 2.10. The van der Waals surface area contributed by atoms with Gasteiger partial charge in [-0.1, -0.05) is 17.7 Å². The summed E-state index contributed by atoms with van der Waals surface area (Å²) in [6.07, 6.45) is 0. The van der Waals surface area contributed by atoms with Gasteiger partial charge in [0.15, 0.2) is 0 Å². The van der Waals surface area contributed by atoms with Crippen LogP contribution in [0.4, 0.5) is 4.39 Å². The highest BCUT2D eigenvalue weighted by atomic mass is 32.1. The maximum Gasteiger partial charge on any atom is 0.261 e. The summed E-state index contributed by atoms with van der Waals surface area (Å²) in [5.74, 6) is 0.315. The molecule has 0 unspecified atom stereocenters. The molecule has 1 heterocycles. The fraction of sp³-hybridized carbons (Fsp3) is 0.167. The quantitative estimate of drug-likeness (QED) is 0.714. The lowest BCUT2D eigenvalue weighted by atomic mass is 10.2.